The van der Waals surface area contributed by atoms with Gasteiger partial charge in [0, 0.05) is 18.6 Å². The molecule has 0 aliphatic rings. The number of aryl methyl sites for hydroxylation is 2. The number of carbonyl (C=O) groups excluding carboxylic acids is 1. The predicted molar refractivity (Wildman–Crippen MR) is 120 cm³/mol. The van der Waals surface area contributed by atoms with E-state index in [-0.39, 0.29) is 5.91 Å². The summed E-state index contributed by atoms with van der Waals surface area (Å²) >= 11 is 6.19. The van der Waals surface area contributed by atoms with Crippen LogP contribution in [0.15, 0.2) is 60.7 Å². The van der Waals surface area contributed by atoms with E-state index in [1.165, 1.54) is 11.1 Å². The van der Waals surface area contributed by atoms with Crippen LogP contribution in [0.1, 0.15) is 41.4 Å². The topological polar surface area (TPSA) is 46.9 Å². The van der Waals surface area contributed by atoms with Crippen molar-refractivity contribution < 1.29 is 4.79 Å². The van der Waals surface area contributed by atoms with Gasteiger partial charge in [-0.1, -0.05) is 61.0 Å². The average molecular weight is 408 g/mol. The molecule has 1 aromatic heterocycles. The summed E-state index contributed by atoms with van der Waals surface area (Å²) in [6, 6.07) is 17.7. The first kappa shape index (κ1) is 20.9. The van der Waals surface area contributed by atoms with E-state index in [4.69, 9.17) is 11.6 Å². The van der Waals surface area contributed by atoms with Crippen LogP contribution in [-0.2, 0) is 7.05 Å². The summed E-state index contributed by atoms with van der Waals surface area (Å²) in [4.78, 5) is 12.6. The van der Waals surface area contributed by atoms with E-state index < -0.39 is 0 Å². The molecular weight excluding hydrogens is 382 g/mol. The lowest BCUT2D eigenvalue weighted by molar-refractivity contribution is 0.0949. The molecule has 4 nitrogen and oxygen atoms in total. The van der Waals surface area contributed by atoms with Crippen LogP contribution in [0.25, 0.3) is 16.8 Å². The summed E-state index contributed by atoms with van der Waals surface area (Å²) < 4.78 is 1.74. The molecule has 150 valence electrons. The number of hydrogen-bond acceptors (Lipinski definition) is 2. The van der Waals surface area contributed by atoms with E-state index in [9.17, 15) is 4.79 Å². The van der Waals surface area contributed by atoms with Gasteiger partial charge in [-0.05, 0) is 60.2 Å². The number of benzene rings is 2. The Labute approximate surface area is 177 Å². The van der Waals surface area contributed by atoms with E-state index in [0.717, 1.165) is 34.7 Å². The first-order chi connectivity index (χ1) is 14.0. The molecule has 0 radical (unpaired) electrons. The minimum Gasteiger partial charge on any atom is -0.350 e. The fourth-order valence-corrected chi connectivity index (χ4v) is 3.56. The van der Waals surface area contributed by atoms with Gasteiger partial charge in [-0.15, -0.1) is 0 Å². The fourth-order valence-electron chi connectivity index (χ4n) is 3.39. The molecule has 0 aliphatic heterocycles. The summed E-state index contributed by atoms with van der Waals surface area (Å²) in [5.74, 6) is -0.165. The summed E-state index contributed by atoms with van der Waals surface area (Å²) in [6.45, 7) is 4.72. The van der Waals surface area contributed by atoms with Crippen molar-refractivity contribution in [3.05, 3.63) is 82.5 Å². The largest absolute Gasteiger partial charge is 0.350 e. The second-order valence-electron chi connectivity index (χ2n) is 7.01. The number of nitrogens with zero attached hydrogens (tertiary/aromatic N) is 2. The van der Waals surface area contributed by atoms with Crippen molar-refractivity contribution in [3.8, 4) is 11.3 Å². The van der Waals surface area contributed by atoms with Gasteiger partial charge < -0.3 is 5.32 Å². The zero-order valence-electron chi connectivity index (χ0n) is 17.1. The average Bonchev–Trinajstić information content (AvgIpc) is 3.11. The Morgan fingerprint density at radius 1 is 1.17 bits per heavy atom. The molecule has 1 amide bonds. The maximum atomic E-state index is 12.6. The Kier molecular flexibility index (Phi) is 6.89. The number of aromatic nitrogens is 2. The van der Waals surface area contributed by atoms with Crippen LogP contribution in [0.5, 0.6) is 0 Å². The number of nitrogens with one attached hydrogen (secondary N) is 1. The van der Waals surface area contributed by atoms with Crippen molar-refractivity contribution >= 4 is 23.1 Å². The number of halogens is 1. The minimum atomic E-state index is -0.165. The third kappa shape index (κ3) is 5.15. The zero-order chi connectivity index (χ0) is 20.8. The normalized spacial score (nSPS) is 11.5. The molecule has 3 aromatic rings. The Hall–Kier alpha value is -2.85. The van der Waals surface area contributed by atoms with Crippen LogP contribution < -0.4 is 5.32 Å². The predicted octanol–water partition coefficient (Wildman–Crippen LogP) is 5.66. The van der Waals surface area contributed by atoms with Crippen LogP contribution in [-0.4, -0.2) is 22.2 Å². The molecule has 0 saturated carbocycles. The molecule has 0 saturated heterocycles. The molecule has 0 unspecified atom stereocenters. The molecule has 1 heterocycles. The van der Waals surface area contributed by atoms with Crippen LogP contribution in [0.2, 0.25) is 5.02 Å². The molecular formula is C24H26ClN3O. The molecule has 29 heavy (non-hydrogen) atoms. The molecule has 2 aromatic carbocycles. The van der Waals surface area contributed by atoms with E-state index in [0.29, 0.717) is 12.2 Å². The van der Waals surface area contributed by atoms with Crippen LogP contribution >= 0.6 is 11.6 Å². The molecule has 5 heteroatoms. The summed E-state index contributed by atoms with van der Waals surface area (Å²) in [6.07, 6.45) is 3.86. The Bertz CT molecular complexity index is 1020. The third-order valence-electron chi connectivity index (χ3n) is 4.86. The highest BCUT2D eigenvalue weighted by Gasteiger charge is 2.14. The molecule has 0 aliphatic carbocycles. The van der Waals surface area contributed by atoms with Crippen molar-refractivity contribution in [3.63, 3.8) is 0 Å². The number of hydrogen-bond donors (Lipinski definition) is 1. The standard InChI is InChI=1S/C24H26ClN3O/c1-4-8-18(21-15-20(25)12-11-17(21)2)13-14-26-24(29)22-16-23(28(3)27-22)19-9-6-5-7-10-19/h5-12,15-16H,4,13-14H2,1-3H3,(H,26,29)/b18-8-. The van der Waals surface area contributed by atoms with Crippen molar-refractivity contribution in [2.24, 2.45) is 7.05 Å². The van der Waals surface area contributed by atoms with Gasteiger partial charge in [0.25, 0.3) is 5.91 Å². The van der Waals surface area contributed by atoms with Crippen molar-refractivity contribution in [1.82, 2.24) is 15.1 Å². The van der Waals surface area contributed by atoms with E-state index in [1.807, 2.05) is 61.6 Å². The highest BCUT2D eigenvalue weighted by molar-refractivity contribution is 6.30. The van der Waals surface area contributed by atoms with Gasteiger partial charge in [-0.25, -0.2) is 0 Å². The van der Waals surface area contributed by atoms with Crippen LogP contribution in [0, 0.1) is 6.92 Å². The molecule has 0 spiro atoms. The summed E-state index contributed by atoms with van der Waals surface area (Å²) in [5.41, 5.74) is 5.88. The van der Waals surface area contributed by atoms with Gasteiger partial charge in [0.2, 0.25) is 0 Å². The molecule has 0 bridgehead atoms. The van der Waals surface area contributed by atoms with Gasteiger partial charge in [0.05, 0.1) is 5.69 Å². The zero-order valence-corrected chi connectivity index (χ0v) is 17.8. The lowest BCUT2D eigenvalue weighted by Crippen LogP contribution is -2.25. The highest BCUT2D eigenvalue weighted by Crippen LogP contribution is 2.26. The number of amides is 1. The minimum absolute atomic E-state index is 0.165. The second-order valence-corrected chi connectivity index (χ2v) is 7.44. The van der Waals surface area contributed by atoms with Crippen LogP contribution in [0.3, 0.4) is 0 Å². The van der Waals surface area contributed by atoms with Gasteiger partial charge in [-0.2, -0.15) is 5.10 Å². The lowest BCUT2D eigenvalue weighted by Gasteiger charge is -2.12. The van der Waals surface area contributed by atoms with Crippen molar-refractivity contribution in [1.29, 1.82) is 0 Å². The van der Waals surface area contributed by atoms with Crippen molar-refractivity contribution in [2.75, 3.05) is 6.54 Å². The monoisotopic (exact) mass is 407 g/mol. The first-order valence-electron chi connectivity index (χ1n) is 9.82. The van der Waals surface area contributed by atoms with Gasteiger partial charge in [-0.3, -0.25) is 9.48 Å². The second kappa shape index (κ2) is 9.57. The number of carbonyl (C=O) groups is 1. The third-order valence-corrected chi connectivity index (χ3v) is 5.09. The number of rotatable bonds is 7. The fraction of sp³-hybridized carbons (Fsp3) is 0.250. The quantitative estimate of drug-likeness (QED) is 0.549. The first-order valence-corrected chi connectivity index (χ1v) is 10.2. The number of allylic oxidation sites excluding steroid dienone is 1. The van der Waals surface area contributed by atoms with Gasteiger partial charge >= 0.3 is 0 Å². The Morgan fingerprint density at radius 2 is 1.93 bits per heavy atom. The van der Waals surface area contributed by atoms with Crippen molar-refractivity contribution in [2.45, 2.75) is 26.7 Å². The highest BCUT2D eigenvalue weighted by atomic mass is 35.5. The molecule has 0 atom stereocenters. The van der Waals surface area contributed by atoms with Gasteiger partial charge in [0.15, 0.2) is 5.69 Å². The molecule has 0 fully saturated rings. The van der Waals surface area contributed by atoms with Crippen LogP contribution in [0.4, 0.5) is 0 Å². The smallest absolute Gasteiger partial charge is 0.271 e. The Balaban J connectivity index is 1.67. The lowest BCUT2D eigenvalue weighted by atomic mass is 9.97. The van der Waals surface area contributed by atoms with Gasteiger partial charge in [0.1, 0.15) is 0 Å². The van der Waals surface area contributed by atoms with E-state index >= 15 is 0 Å². The van der Waals surface area contributed by atoms with E-state index in [1.54, 1.807) is 4.68 Å². The summed E-state index contributed by atoms with van der Waals surface area (Å²) in [5, 5.41) is 8.09. The summed E-state index contributed by atoms with van der Waals surface area (Å²) in [7, 11) is 1.85. The SMILES string of the molecule is CC/C=C(/CCNC(=O)c1cc(-c2ccccc2)n(C)n1)c1cc(Cl)ccc1C. The van der Waals surface area contributed by atoms with E-state index in [2.05, 4.69) is 30.3 Å². The maximum Gasteiger partial charge on any atom is 0.271 e. The maximum absolute atomic E-state index is 12.6. The Morgan fingerprint density at radius 3 is 2.66 bits per heavy atom. The molecule has 1 N–H and O–H groups in total. The molecule has 3 rings (SSSR count).